The number of halogens is 1. The van der Waals surface area contributed by atoms with E-state index in [0.29, 0.717) is 12.1 Å². The molecule has 0 aliphatic heterocycles. The van der Waals surface area contributed by atoms with Crippen LogP contribution in [0.1, 0.15) is 18.1 Å². The first-order valence-corrected chi connectivity index (χ1v) is 8.28. The summed E-state index contributed by atoms with van der Waals surface area (Å²) in [4.78, 5) is 11.8. The van der Waals surface area contributed by atoms with Crippen LogP contribution < -0.4 is 10.9 Å². The Kier molecular flexibility index (Phi) is 4.47. The van der Waals surface area contributed by atoms with Crippen LogP contribution in [0.5, 0.6) is 0 Å². The lowest BCUT2D eigenvalue weighted by atomic mass is 10.1. The van der Waals surface area contributed by atoms with E-state index in [0.717, 1.165) is 23.1 Å². The summed E-state index contributed by atoms with van der Waals surface area (Å²) in [5, 5.41) is 4.35. The predicted molar refractivity (Wildman–Crippen MR) is 98.3 cm³/mol. The summed E-state index contributed by atoms with van der Waals surface area (Å²) < 4.78 is 6.51. The molecule has 3 rings (SSSR count). The van der Waals surface area contributed by atoms with Crippen molar-refractivity contribution in [3.8, 4) is 0 Å². The minimum absolute atomic E-state index is 0.305. The fourth-order valence-corrected chi connectivity index (χ4v) is 2.98. The second kappa shape index (κ2) is 6.52. The van der Waals surface area contributed by atoms with E-state index in [1.807, 2.05) is 30.3 Å². The third-order valence-electron chi connectivity index (χ3n) is 3.61. The second-order valence-corrected chi connectivity index (χ2v) is 6.38. The molecule has 0 atom stereocenters. The Balaban J connectivity index is 1.94. The highest BCUT2D eigenvalue weighted by Crippen LogP contribution is 2.20. The van der Waals surface area contributed by atoms with Crippen LogP contribution in [0, 0.1) is 3.57 Å². The lowest BCUT2D eigenvalue weighted by Crippen LogP contribution is -2.06. The molecule has 0 radical (unpaired) electrons. The molecule has 0 aliphatic carbocycles. The van der Waals surface area contributed by atoms with E-state index in [-0.39, 0.29) is 5.63 Å². The number of nitrogens with one attached hydrogen (secondary N) is 1. The first kappa shape index (κ1) is 15.1. The summed E-state index contributed by atoms with van der Waals surface area (Å²) in [5.74, 6) is 0. The quantitative estimate of drug-likeness (QED) is 0.511. The molecule has 0 spiro atoms. The highest BCUT2D eigenvalue weighted by atomic mass is 127. The topological polar surface area (TPSA) is 42.2 Å². The van der Waals surface area contributed by atoms with Gasteiger partial charge in [-0.25, -0.2) is 4.79 Å². The average Bonchev–Trinajstić information content (AvgIpc) is 2.52. The van der Waals surface area contributed by atoms with Crippen molar-refractivity contribution in [1.82, 2.24) is 0 Å². The molecule has 3 aromatic rings. The van der Waals surface area contributed by atoms with Gasteiger partial charge in [0.1, 0.15) is 5.58 Å². The maximum Gasteiger partial charge on any atom is 0.336 e. The van der Waals surface area contributed by atoms with Crippen LogP contribution in [0.4, 0.5) is 5.69 Å². The molecule has 0 unspecified atom stereocenters. The van der Waals surface area contributed by atoms with Crippen molar-refractivity contribution in [2.45, 2.75) is 19.9 Å². The zero-order valence-electron chi connectivity index (χ0n) is 12.2. The minimum atomic E-state index is -0.305. The molecule has 2 aromatic carbocycles. The van der Waals surface area contributed by atoms with E-state index in [4.69, 9.17) is 4.42 Å². The van der Waals surface area contributed by atoms with Crippen molar-refractivity contribution in [1.29, 1.82) is 0 Å². The van der Waals surface area contributed by atoms with E-state index in [1.165, 1.54) is 9.13 Å². The highest BCUT2D eigenvalue weighted by Gasteiger charge is 2.06. The van der Waals surface area contributed by atoms with Gasteiger partial charge in [-0.15, -0.1) is 0 Å². The van der Waals surface area contributed by atoms with Crippen molar-refractivity contribution in [3.05, 3.63) is 73.6 Å². The molecule has 1 N–H and O–H groups in total. The van der Waals surface area contributed by atoms with Gasteiger partial charge in [0.05, 0.1) is 0 Å². The van der Waals surface area contributed by atoms with E-state index in [1.54, 1.807) is 6.07 Å². The molecule has 0 aliphatic rings. The van der Waals surface area contributed by atoms with Gasteiger partial charge >= 0.3 is 5.63 Å². The van der Waals surface area contributed by atoms with E-state index >= 15 is 0 Å². The van der Waals surface area contributed by atoms with Crippen molar-refractivity contribution in [3.63, 3.8) is 0 Å². The van der Waals surface area contributed by atoms with Crippen LogP contribution in [-0.2, 0) is 13.0 Å². The van der Waals surface area contributed by atoms with Crippen LogP contribution in [0.3, 0.4) is 0 Å². The van der Waals surface area contributed by atoms with Crippen LogP contribution in [0.15, 0.2) is 57.7 Å². The molecule has 4 heteroatoms. The normalized spacial score (nSPS) is 10.8. The summed E-state index contributed by atoms with van der Waals surface area (Å²) >= 11 is 2.28. The Labute approximate surface area is 142 Å². The number of aryl methyl sites for hydroxylation is 1. The van der Waals surface area contributed by atoms with Crippen molar-refractivity contribution in [2.75, 3.05) is 5.32 Å². The Morgan fingerprint density at radius 1 is 1.14 bits per heavy atom. The maximum absolute atomic E-state index is 11.8. The Morgan fingerprint density at radius 3 is 2.77 bits per heavy atom. The van der Waals surface area contributed by atoms with Gasteiger partial charge in [-0.2, -0.15) is 0 Å². The van der Waals surface area contributed by atoms with Gasteiger partial charge < -0.3 is 9.73 Å². The van der Waals surface area contributed by atoms with Crippen LogP contribution in [0.2, 0.25) is 0 Å². The highest BCUT2D eigenvalue weighted by molar-refractivity contribution is 14.1. The molecule has 1 aromatic heterocycles. The van der Waals surface area contributed by atoms with Gasteiger partial charge in [-0.1, -0.05) is 25.1 Å². The number of fused-ring (bicyclic) bond motifs is 1. The molecular formula is C18H16INO2. The summed E-state index contributed by atoms with van der Waals surface area (Å²) in [5.41, 5.74) is 3.51. The first-order chi connectivity index (χ1) is 10.7. The van der Waals surface area contributed by atoms with Crippen molar-refractivity contribution >= 4 is 39.2 Å². The zero-order valence-corrected chi connectivity index (χ0v) is 14.4. The number of rotatable bonds is 4. The van der Waals surface area contributed by atoms with Crippen LogP contribution in [0.25, 0.3) is 11.0 Å². The van der Waals surface area contributed by atoms with Crippen molar-refractivity contribution in [2.24, 2.45) is 0 Å². The molecule has 0 saturated carbocycles. The maximum atomic E-state index is 11.8. The lowest BCUT2D eigenvalue weighted by Gasteiger charge is -2.09. The number of anilines is 1. The lowest BCUT2D eigenvalue weighted by molar-refractivity contribution is 0.559. The van der Waals surface area contributed by atoms with Crippen LogP contribution in [-0.4, -0.2) is 0 Å². The van der Waals surface area contributed by atoms with E-state index in [9.17, 15) is 4.79 Å². The third kappa shape index (κ3) is 3.32. The summed E-state index contributed by atoms with van der Waals surface area (Å²) in [6.07, 6.45) is 0.921. The third-order valence-corrected chi connectivity index (χ3v) is 4.28. The largest absolute Gasteiger partial charge is 0.423 e. The van der Waals surface area contributed by atoms with Gasteiger partial charge in [0.2, 0.25) is 0 Å². The standard InChI is InChI=1S/C18H16INO2/c1-2-12-6-7-16-13(9-18(21)22-17(16)8-12)11-20-15-5-3-4-14(19)10-15/h3-10,20H,2,11H2,1H3. The average molecular weight is 405 g/mol. The number of benzene rings is 2. The van der Waals surface area contributed by atoms with Gasteiger partial charge in [-0.3, -0.25) is 0 Å². The SMILES string of the molecule is CCc1ccc2c(CNc3cccc(I)c3)cc(=O)oc2c1. The molecule has 0 bridgehead atoms. The molecule has 0 amide bonds. The molecule has 0 fully saturated rings. The van der Waals surface area contributed by atoms with Gasteiger partial charge in [0.15, 0.2) is 0 Å². The molecule has 112 valence electrons. The van der Waals surface area contributed by atoms with Gasteiger partial charge in [-0.05, 0) is 64.4 Å². The van der Waals surface area contributed by atoms with Crippen LogP contribution >= 0.6 is 22.6 Å². The molecule has 22 heavy (non-hydrogen) atoms. The molecule has 0 saturated heterocycles. The van der Waals surface area contributed by atoms with Crippen molar-refractivity contribution < 1.29 is 4.42 Å². The summed E-state index contributed by atoms with van der Waals surface area (Å²) in [7, 11) is 0. The Bertz CT molecular complexity index is 870. The fraction of sp³-hybridized carbons (Fsp3) is 0.167. The summed E-state index contributed by atoms with van der Waals surface area (Å²) in [6, 6.07) is 15.8. The van der Waals surface area contributed by atoms with Gasteiger partial charge in [0.25, 0.3) is 0 Å². The Morgan fingerprint density at radius 2 is 2.00 bits per heavy atom. The van der Waals surface area contributed by atoms with E-state index < -0.39 is 0 Å². The first-order valence-electron chi connectivity index (χ1n) is 7.21. The number of hydrogen-bond acceptors (Lipinski definition) is 3. The minimum Gasteiger partial charge on any atom is -0.423 e. The molecule has 1 heterocycles. The fourth-order valence-electron chi connectivity index (χ4n) is 2.44. The van der Waals surface area contributed by atoms with Gasteiger partial charge in [0, 0.05) is 27.3 Å². The molecule has 3 nitrogen and oxygen atoms in total. The second-order valence-electron chi connectivity index (χ2n) is 5.14. The molecular weight excluding hydrogens is 389 g/mol. The smallest absolute Gasteiger partial charge is 0.336 e. The number of hydrogen-bond donors (Lipinski definition) is 1. The van der Waals surface area contributed by atoms with E-state index in [2.05, 4.69) is 47.0 Å². The Hall–Kier alpha value is -1.82. The summed E-state index contributed by atoms with van der Waals surface area (Å²) in [6.45, 7) is 2.68. The zero-order chi connectivity index (χ0) is 15.5. The monoisotopic (exact) mass is 405 g/mol. The predicted octanol–water partition coefficient (Wildman–Crippen LogP) is 4.57.